The topological polar surface area (TPSA) is 87.6 Å². The third-order valence-electron chi connectivity index (χ3n) is 3.33. The van der Waals surface area contributed by atoms with E-state index in [4.69, 9.17) is 4.74 Å². The number of urea groups is 1. The van der Waals surface area contributed by atoms with E-state index in [1.807, 2.05) is 0 Å². The zero-order valence-electron chi connectivity index (χ0n) is 11.0. The monoisotopic (exact) mass is 266 g/mol. The normalized spacial score (nSPS) is 22.6. The van der Waals surface area contributed by atoms with Crippen LogP contribution in [-0.2, 0) is 4.74 Å². The summed E-state index contributed by atoms with van der Waals surface area (Å²) in [5.41, 5.74) is 1.27. The summed E-state index contributed by atoms with van der Waals surface area (Å²) in [5.74, 6) is 0. The second kappa shape index (κ2) is 5.94. The van der Waals surface area contributed by atoms with Crippen LogP contribution in [0.1, 0.15) is 12.1 Å². The predicted molar refractivity (Wildman–Crippen MR) is 68.8 cm³/mol. The number of aliphatic hydroxyl groups is 1. The van der Waals surface area contributed by atoms with E-state index in [1.165, 1.54) is 6.20 Å². The summed E-state index contributed by atoms with van der Waals surface area (Å²) < 4.78 is 5.24. The number of carbonyl (C=O) groups is 1. The molecule has 2 atom stereocenters. The van der Waals surface area contributed by atoms with Gasteiger partial charge < -0.3 is 20.1 Å². The highest BCUT2D eigenvalue weighted by molar-refractivity contribution is 5.90. The summed E-state index contributed by atoms with van der Waals surface area (Å²) in [4.78, 5) is 13.8. The molecule has 2 amide bonds. The minimum absolute atomic E-state index is 0.0282. The summed E-state index contributed by atoms with van der Waals surface area (Å²) in [6.07, 6.45) is 2.14. The number of likely N-dealkylation sites (tertiary alicyclic amines) is 1. The molecule has 0 unspecified atom stereocenters. The van der Waals surface area contributed by atoms with Crippen molar-refractivity contribution in [1.82, 2.24) is 15.1 Å². The maximum Gasteiger partial charge on any atom is 0.322 e. The highest BCUT2D eigenvalue weighted by Crippen LogP contribution is 2.21. The molecule has 2 N–H and O–H groups in total. The van der Waals surface area contributed by atoms with Crippen molar-refractivity contribution in [3.8, 4) is 0 Å². The molecule has 1 aliphatic heterocycles. The maximum absolute atomic E-state index is 12.2. The van der Waals surface area contributed by atoms with Gasteiger partial charge in [-0.25, -0.2) is 4.79 Å². The number of aromatic nitrogens is 2. The van der Waals surface area contributed by atoms with Crippen LogP contribution in [-0.4, -0.2) is 58.6 Å². The van der Waals surface area contributed by atoms with E-state index in [0.717, 1.165) is 0 Å². The maximum atomic E-state index is 12.2. The predicted octanol–water partition coefficient (Wildman–Crippen LogP) is 0.399. The Balaban J connectivity index is 2.05. The fraction of sp³-hybridized carbons (Fsp3) is 0.583. The molecule has 19 heavy (non-hydrogen) atoms. The molecule has 1 aromatic heterocycles. The first-order valence-corrected chi connectivity index (χ1v) is 6.15. The van der Waals surface area contributed by atoms with E-state index in [-0.39, 0.29) is 24.8 Å². The Morgan fingerprint density at radius 3 is 3.11 bits per heavy atom. The van der Waals surface area contributed by atoms with Gasteiger partial charge in [0.15, 0.2) is 0 Å². The molecule has 1 fully saturated rings. The summed E-state index contributed by atoms with van der Waals surface area (Å²) in [6, 6.07) is 1.23. The lowest BCUT2D eigenvalue weighted by Gasteiger charge is -2.23. The molecule has 2 heterocycles. The van der Waals surface area contributed by atoms with Gasteiger partial charge in [0.2, 0.25) is 0 Å². The molecule has 0 aliphatic carbocycles. The highest BCUT2D eigenvalue weighted by Gasteiger charge is 2.35. The van der Waals surface area contributed by atoms with Gasteiger partial charge >= 0.3 is 6.03 Å². The fourth-order valence-electron chi connectivity index (χ4n) is 2.19. The average Bonchev–Trinajstić information content (AvgIpc) is 2.84. The summed E-state index contributed by atoms with van der Waals surface area (Å²) >= 11 is 0. The van der Waals surface area contributed by atoms with Gasteiger partial charge in [0, 0.05) is 13.7 Å². The van der Waals surface area contributed by atoms with Crippen LogP contribution in [0, 0.1) is 6.92 Å². The lowest BCUT2D eigenvalue weighted by molar-refractivity contribution is 0.111. The lowest BCUT2D eigenvalue weighted by atomic mass is 10.2. The molecular weight excluding hydrogens is 248 g/mol. The van der Waals surface area contributed by atoms with Crippen LogP contribution in [0.25, 0.3) is 0 Å². The molecule has 7 nitrogen and oxygen atoms in total. The number of nitrogens with zero attached hydrogens (tertiary/aromatic N) is 3. The van der Waals surface area contributed by atoms with Crippen molar-refractivity contribution in [3.05, 3.63) is 18.0 Å². The Morgan fingerprint density at radius 2 is 2.47 bits per heavy atom. The van der Waals surface area contributed by atoms with Gasteiger partial charge in [-0.15, -0.1) is 0 Å². The van der Waals surface area contributed by atoms with Crippen LogP contribution in [0.15, 0.2) is 12.3 Å². The standard InChI is InChI=1S/C12H18N4O3/c1-8-11(3-4-13-15-8)14-12(18)16-6-10(19-2)5-9(16)7-17/h3-4,9-10,17H,5-7H2,1-2H3,(H,13,14,18)/t9-,10-/m0/s1. The van der Waals surface area contributed by atoms with Gasteiger partial charge in [0.1, 0.15) is 0 Å². The first-order chi connectivity index (χ1) is 9.15. The smallest absolute Gasteiger partial charge is 0.322 e. The van der Waals surface area contributed by atoms with E-state index in [0.29, 0.717) is 24.3 Å². The largest absolute Gasteiger partial charge is 0.394 e. The van der Waals surface area contributed by atoms with Crippen LogP contribution in [0.3, 0.4) is 0 Å². The number of hydrogen-bond donors (Lipinski definition) is 2. The molecule has 1 saturated heterocycles. The highest BCUT2D eigenvalue weighted by atomic mass is 16.5. The number of aryl methyl sites for hydroxylation is 1. The van der Waals surface area contributed by atoms with E-state index in [2.05, 4.69) is 15.5 Å². The van der Waals surface area contributed by atoms with Crippen LogP contribution < -0.4 is 5.32 Å². The number of ether oxygens (including phenoxy) is 1. The third-order valence-corrected chi connectivity index (χ3v) is 3.33. The second-order valence-electron chi connectivity index (χ2n) is 4.54. The Hall–Kier alpha value is -1.73. The number of carbonyl (C=O) groups excluding carboxylic acids is 1. The molecule has 7 heteroatoms. The number of rotatable bonds is 3. The van der Waals surface area contributed by atoms with Crippen LogP contribution in [0.2, 0.25) is 0 Å². The fourth-order valence-corrected chi connectivity index (χ4v) is 2.19. The number of anilines is 1. The van der Waals surface area contributed by atoms with Gasteiger partial charge in [-0.2, -0.15) is 10.2 Å². The lowest BCUT2D eigenvalue weighted by Crippen LogP contribution is -2.41. The van der Waals surface area contributed by atoms with E-state index in [1.54, 1.807) is 25.0 Å². The molecule has 0 aromatic carbocycles. The van der Waals surface area contributed by atoms with Crippen molar-refractivity contribution in [2.45, 2.75) is 25.5 Å². The zero-order chi connectivity index (χ0) is 13.8. The third kappa shape index (κ3) is 2.99. The zero-order valence-corrected chi connectivity index (χ0v) is 11.0. The van der Waals surface area contributed by atoms with Crippen LogP contribution >= 0.6 is 0 Å². The molecule has 0 bridgehead atoms. The average molecular weight is 266 g/mol. The number of hydrogen-bond acceptors (Lipinski definition) is 5. The molecule has 1 aromatic rings. The van der Waals surface area contributed by atoms with Gasteiger partial charge in [-0.3, -0.25) is 0 Å². The van der Waals surface area contributed by atoms with E-state index >= 15 is 0 Å². The van der Waals surface area contributed by atoms with E-state index < -0.39 is 0 Å². The molecule has 1 aliphatic rings. The number of nitrogens with one attached hydrogen (secondary N) is 1. The number of amides is 2. The first-order valence-electron chi connectivity index (χ1n) is 6.15. The van der Waals surface area contributed by atoms with Crippen LogP contribution in [0.4, 0.5) is 10.5 Å². The minimum Gasteiger partial charge on any atom is -0.394 e. The Kier molecular flexibility index (Phi) is 4.28. The number of aliphatic hydroxyl groups excluding tert-OH is 1. The molecule has 0 saturated carbocycles. The van der Waals surface area contributed by atoms with Crippen molar-refractivity contribution in [2.75, 3.05) is 25.6 Å². The van der Waals surface area contributed by atoms with Gasteiger partial charge in [0.05, 0.1) is 36.3 Å². The summed E-state index contributed by atoms with van der Waals surface area (Å²) in [7, 11) is 1.61. The van der Waals surface area contributed by atoms with Crippen molar-refractivity contribution in [2.24, 2.45) is 0 Å². The van der Waals surface area contributed by atoms with Crippen molar-refractivity contribution in [1.29, 1.82) is 0 Å². The molecule has 2 rings (SSSR count). The summed E-state index contributed by atoms with van der Waals surface area (Å²) in [6.45, 7) is 2.18. The SMILES string of the molecule is CO[C@H]1C[C@@H](CO)N(C(=O)Nc2ccnnc2C)C1. The molecular formula is C12H18N4O3. The Bertz CT molecular complexity index is 454. The molecule has 0 spiro atoms. The van der Waals surface area contributed by atoms with Crippen LogP contribution in [0.5, 0.6) is 0 Å². The Labute approximate surface area is 111 Å². The van der Waals surface area contributed by atoms with E-state index in [9.17, 15) is 9.90 Å². The quantitative estimate of drug-likeness (QED) is 0.826. The number of methoxy groups -OCH3 is 1. The van der Waals surface area contributed by atoms with Gasteiger partial charge in [0.25, 0.3) is 0 Å². The minimum atomic E-state index is -0.255. The molecule has 0 radical (unpaired) electrons. The van der Waals surface area contributed by atoms with Gasteiger partial charge in [-0.05, 0) is 19.4 Å². The van der Waals surface area contributed by atoms with Crippen molar-refractivity contribution in [3.63, 3.8) is 0 Å². The van der Waals surface area contributed by atoms with Crippen molar-refractivity contribution >= 4 is 11.7 Å². The second-order valence-corrected chi connectivity index (χ2v) is 4.54. The van der Waals surface area contributed by atoms with Crippen molar-refractivity contribution < 1.29 is 14.6 Å². The first kappa shape index (κ1) is 13.7. The molecule has 104 valence electrons. The Morgan fingerprint density at radius 1 is 1.68 bits per heavy atom. The summed E-state index contributed by atoms with van der Waals surface area (Å²) in [5, 5.41) is 19.7. The van der Waals surface area contributed by atoms with Gasteiger partial charge in [-0.1, -0.05) is 0 Å².